The van der Waals surface area contributed by atoms with Crippen LogP contribution in [0.5, 0.6) is 5.75 Å². The third-order valence-corrected chi connectivity index (χ3v) is 3.45. The summed E-state index contributed by atoms with van der Waals surface area (Å²) in [4.78, 5) is 16.3. The van der Waals surface area contributed by atoms with Gasteiger partial charge in [0.1, 0.15) is 23.1 Å². The van der Waals surface area contributed by atoms with E-state index >= 15 is 0 Å². The van der Waals surface area contributed by atoms with Gasteiger partial charge in [0.05, 0.1) is 7.11 Å². The molecule has 0 radical (unpaired) electrons. The predicted molar refractivity (Wildman–Crippen MR) is 86.7 cm³/mol. The fourth-order valence-electron chi connectivity index (χ4n) is 2.25. The summed E-state index contributed by atoms with van der Waals surface area (Å²) < 4.78 is 18.0. The highest BCUT2D eigenvalue weighted by Crippen LogP contribution is 2.16. The van der Waals surface area contributed by atoms with Gasteiger partial charge in [0.15, 0.2) is 0 Å². The molecule has 0 bridgehead atoms. The van der Waals surface area contributed by atoms with Crippen LogP contribution in [0.4, 0.5) is 4.39 Å². The predicted octanol–water partition coefficient (Wildman–Crippen LogP) is 2.95. The summed E-state index contributed by atoms with van der Waals surface area (Å²) in [6.07, 6.45) is 2.16. The highest BCUT2D eigenvalue weighted by Gasteiger charge is 2.19. The average Bonchev–Trinajstić information content (AvgIpc) is 2.90. The Labute approximate surface area is 133 Å². The van der Waals surface area contributed by atoms with Crippen molar-refractivity contribution in [1.82, 2.24) is 5.32 Å². The van der Waals surface area contributed by atoms with Crippen molar-refractivity contribution < 1.29 is 13.9 Å². The van der Waals surface area contributed by atoms with Crippen molar-refractivity contribution in [2.45, 2.75) is 6.42 Å². The Kier molecular flexibility index (Phi) is 4.19. The molecule has 1 amide bonds. The Morgan fingerprint density at radius 2 is 1.83 bits per heavy atom. The van der Waals surface area contributed by atoms with E-state index in [4.69, 9.17) is 4.74 Å². The summed E-state index contributed by atoms with van der Waals surface area (Å²) in [5.74, 6) is 0.807. The van der Waals surface area contributed by atoms with Crippen molar-refractivity contribution in [3.63, 3.8) is 0 Å². The third-order valence-electron chi connectivity index (χ3n) is 3.45. The molecule has 0 saturated heterocycles. The van der Waals surface area contributed by atoms with Crippen LogP contribution in [0.25, 0.3) is 6.08 Å². The molecule has 2 aromatic rings. The molecular weight excluding hydrogens is 295 g/mol. The molecule has 1 aliphatic heterocycles. The van der Waals surface area contributed by atoms with Gasteiger partial charge < -0.3 is 10.1 Å². The van der Waals surface area contributed by atoms with Gasteiger partial charge in [0.2, 0.25) is 0 Å². The first-order valence-electron chi connectivity index (χ1n) is 7.13. The Morgan fingerprint density at radius 3 is 2.48 bits per heavy atom. The number of amides is 1. The van der Waals surface area contributed by atoms with Crippen LogP contribution < -0.4 is 10.1 Å². The highest BCUT2D eigenvalue weighted by atomic mass is 19.1. The van der Waals surface area contributed by atoms with Gasteiger partial charge in [-0.1, -0.05) is 24.3 Å². The first-order valence-corrected chi connectivity index (χ1v) is 7.13. The molecule has 0 spiro atoms. The van der Waals surface area contributed by atoms with Crippen molar-refractivity contribution in [2.24, 2.45) is 4.99 Å². The fraction of sp³-hybridized carbons (Fsp3) is 0.111. The van der Waals surface area contributed by atoms with E-state index in [-0.39, 0.29) is 11.7 Å². The van der Waals surface area contributed by atoms with Crippen LogP contribution in [-0.2, 0) is 11.2 Å². The summed E-state index contributed by atoms with van der Waals surface area (Å²) in [6, 6.07) is 13.5. The number of rotatable bonds is 4. The van der Waals surface area contributed by atoms with Crippen LogP contribution in [-0.4, -0.2) is 18.9 Å². The zero-order chi connectivity index (χ0) is 16.2. The molecule has 0 aromatic heterocycles. The maximum absolute atomic E-state index is 12.9. The summed E-state index contributed by atoms with van der Waals surface area (Å²) in [5.41, 5.74) is 2.07. The van der Waals surface area contributed by atoms with E-state index in [9.17, 15) is 9.18 Å². The number of methoxy groups -OCH3 is 1. The highest BCUT2D eigenvalue weighted by molar-refractivity contribution is 6.14. The number of aliphatic imine (C=N–C) groups is 1. The Balaban J connectivity index is 1.76. The van der Waals surface area contributed by atoms with Gasteiger partial charge in [-0.2, -0.15) is 0 Å². The maximum Gasteiger partial charge on any atom is 0.275 e. The number of nitrogens with zero attached hydrogens (tertiary/aromatic N) is 1. The minimum Gasteiger partial charge on any atom is -0.497 e. The second-order valence-corrected chi connectivity index (χ2v) is 5.12. The van der Waals surface area contributed by atoms with Crippen molar-refractivity contribution in [3.05, 3.63) is 71.2 Å². The van der Waals surface area contributed by atoms with E-state index in [1.807, 2.05) is 24.3 Å². The molecule has 0 fully saturated rings. The first kappa shape index (κ1) is 15.0. The second kappa shape index (κ2) is 6.44. The number of benzene rings is 2. The second-order valence-electron chi connectivity index (χ2n) is 5.12. The van der Waals surface area contributed by atoms with Crippen molar-refractivity contribution in [1.29, 1.82) is 0 Å². The third kappa shape index (κ3) is 3.63. The molecule has 5 heteroatoms. The number of amidine groups is 1. The zero-order valence-corrected chi connectivity index (χ0v) is 12.5. The zero-order valence-electron chi connectivity index (χ0n) is 12.5. The summed E-state index contributed by atoms with van der Waals surface area (Å²) >= 11 is 0. The molecule has 2 aromatic carbocycles. The monoisotopic (exact) mass is 310 g/mol. The van der Waals surface area contributed by atoms with Crippen molar-refractivity contribution >= 4 is 17.8 Å². The molecule has 0 atom stereocenters. The van der Waals surface area contributed by atoms with Gasteiger partial charge >= 0.3 is 0 Å². The molecule has 23 heavy (non-hydrogen) atoms. The van der Waals surface area contributed by atoms with Crippen LogP contribution >= 0.6 is 0 Å². The molecule has 4 nitrogen and oxygen atoms in total. The lowest BCUT2D eigenvalue weighted by Crippen LogP contribution is -2.25. The van der Waals surface area contributed by atoms with Crippen molar-refractivity contribution in [2.75, 3.05) is 7.11 Å². The number of hydrogen-bond acceptors (Lipinski definition) is 3. The molecule has 1 heterocycles. The lowest BCUT2D eigenvalue weighted by molar-refractivity contribution is -0.115. The molecule has 1 aliphatic rings. The normalized spacial score (nSPS) is 15.5. The van der Waals surface area contributed by atoms with Gasteiger partial charge in [0, 0.05) is 6.42 Å². The van der Waals surface area contributed by atoms with Gasteiger partial charge in [-0.25, -0.2) is 9.38 Å². The van der Waals surface area contributed by atoms with E-state index in [0.29, 0.717) is 18.0 Å². The first-order chi connectivity index (χ1) is 11.1. The Bertz CT molecular complexity index is 778. The van der Waals surface area contributed by atoms with E-state index < -0.39 is 0 Å². The average molecular weight is 310 g/mol. The summed E-state index contributed by atoms with van der Waals surface area (Å²) in [5, 5.41) is 2.75. The van der Waals surface area contributed by atoms with Crippen molar-refractivity contribution in [3.8, 4) is 5.75 Å². The Hall–Kier alpha value is -2.95. The van der Waals surface area contributed by atoms with E-state index in [0.717, 1.165) is 16.9 Å². The maximum atomic E-state index is 12.9. The number of hydrogen-bond donors (Lipinski definition) is 1. The Morgan fingerprint density at radius 1 is 1.13 bits per heavy atom. The van der Waals surface area contributed by atoms with E-state index in [2.05, 4.69) is 10.3 Å². The SMILES string of the molecule is COc1ccc(CC2=N/C(=C/c3ccc(F)cc3)C(=O)N2)cc1. The minimum atomic E-state index is -0.313. The van der Waals surface area contributed by atoms with Gasteiger partial charge in [-0.15, -0.1) is 0 Å². The quantitative estimate of drug-likeness (QED) is 0.883. The lowest BCUT2D eigenvalue weighted by Gasteiger charge is -2.03. The number of carbonyl (C=O) groups excluding carboxylic acids is 1. The molecule has 0 saturated carbocycles. The topological polar surface area (TPSA) is 50.7 Å². The van der Waals surface area contributed by atoms with Crippen LogP contribution in [0.2, 0.25) is 0 Å². The number of carbonyl (C=O) groups is 1. The standard InChI is InChI=1S/C18H15FN2O2/c1-23-15-8-4-13(5-9-15)11-17-20-16(18(22)21-17)10-12-2-6-14(19)7-3-12/h2-10H,11H2,1H3,(H,20,21,22)/b16-10+. The number of ether oxygens (including phenoxy) is 1. The summed E-state index contributed by atoms with van der Waals surface area (Å²) in [7, 11) is 1.61. The molecule has 1 N–H and O–H groups in total. The van der Waals surface area contributed by atoms with Crippen LogP contribution in [0.1, 0.15) is 11.1 Å². The molecule has 0 unspecified atom stereocenters. The largest absolute Gasteiger partial charge is 0.497 e. The molecule has 3 rings (SSSR count). The lowest BCUT2D eigenvalue weighted by atomic mass is 10.1. The van der Waals surface area contributed by atoms with Crippen LogP contribution in [0, 0.1) is 5.82 Å². The van der Waals surface area contributed by atoms with E-state index in [1.54, 1.807) is 25.3 Å². The molecular formula is C18H15FN2O2. The summed E-state index contributed by atoms with van der Waals surface area (Å²) in [6.45, 7) is 0. The van der Waals surface area contributed by atoms with Gasteiger partial charge in [-0.3, -0.25) is 4.79 Å². The van der Waals surface area contributed by atoms with Gasteiger partial charge in [0.25, 0.3) is 5.91 Å². The molecule has 116 valence electrons. The van der Waals surface area contributed by atoms with Crippen LogP contribution in [0.15, 0.2) is 59.2 Å². The molecule has 0 aliphatic carbocycles. The minimum absolute atomic E-state index is 0.252. The van der Waals surface area contributed by atoms with Gasteiger partial charge in [-0.05, 0) is 41.5 Å². The fourth-order valence-corrected chi connectivity index (χ4v) is 2.25. The number of halogens is 1. The van der Waals surface area contributed by atoms with Crippen LogP contribution in [0.3, 0.4) is 0 Å². The van der Waals surface area contributed by atoms with E-state index in [1.165, 1.54) is 12.1 Å². The smallest absolute Gasteiger partial charge is 0.275 e. The number of nitrogens with one attached hydrogen (secondary N) is 1.